The van der Waals surface area contributed by atoms with Gasteiger partial charge in [0.2, 0.25) is 0 Å². The second-order valence-corrected chi connectivity index (χ2v) is 5.05. The van der Waals surface area contributed by atoms with Gasteiger partial charge in [0.25, 0.3) is 0 Å². The van der Waals surface area contributed by atoms with Crippen LogP contribution < -0.4 is 11.1 Å². The van der Waals surface area contributed by atoms with Crippen LogP contribution in [-0.2, 0) is 0 Å². The summed E-state index contributed by atoms with van der Waals surface area (Å²) in [5.74, 6) is 1.87. The zero-order chi connectivity index (χ0) is 13.2. The van der Waals surface area contributed by atoms with Crippen molar-refractivity contribution in [1.29, 1.82) is 5.26 Å². The molecule has 0 atom stereocenters. The van der Waals surface area contributed by atoms with Gasteiger partial charge in [-0.1, -0.05) is 12.8 Å². The van der Waals surface area contributed by atoms with Crippen molar-refractivity contribution < 1.29 is 0 Å². The summed E-state index contributed by atoms with van der Waals surface area (Å²) in [6.45, 7) is 0.853. The Balaban J connectivity index is 2.26. The monoisotopic (exact) mass is 264 g/mol. The molecule has 0 bridgehead atoms. The van der Waals surface area contributed by atoms with E-state index >= 15 is 0 Å². The van der Waals surface area contributed by atoms with Crippen LogP contribution in [0, 0.1) is 11.3 Å². The van der Waals surface area contributed by atoms with Gasteiger partial charge in [0.05, 0.1) is 11.3 Å². The molecular formula is C13H20N4S. The minimum atomic E-state index is 0.447. The molecule has 0 fully saturated rings. The standard InChI is InChI=1S/C13H20N4S/c1-18-9-5-3-2-4-7-16-13-12(15)11(10-14)6-8-17-13/h6,8H,2-5,7,9,15H2,1H3,(H,16,17). The lowest BCUT2D eigenvalue weighted by atomic mass is 10.2. The third kappa shape index (κ3) is 4.84. The highest BCUT2D eigenvalue weighted by molar-refractivity contribution is 7.98. The molecule has 3 N–H and O–H groups in total. The third-order valence-electron chi connectivity index (χ3n) is 2.68. The number of nitriles is 1. The molecule has 1 heterocycles. The summed E-state index contributed by atoms with van der Waals surface area (Å²) in [6, 6.07) is 3.68. The van der Waals surface area contributed by atoms with Crippen molar-refractivity contribution in [3.8, 4) is 6.07 Å². The van der Waals surface area contributed by atoms with Crippen LogP contribution in [0.3, 0.4) is 0 Å². The van der Waals surface area contributed by atoms with Crippen LogP contribution in [0.15, 0.2) is 12.3 Å². The number of hydrogen-bond acceptors (Lipinski definition) is 5. The Morgan fingerprint density at radius 1 is 1.39 bits per heavy atom. The number of thioether (sulfide) groups is 1. The van der Waals surface area contributed by atoms with Crippen LogP contribution in [0.25, 0.3) is 0 Å². The number of rotatable bonds is 8. The Morgan fingerprint density at radius 2 is 2.17 bits per heavy atom. The van der Waals surface area contributed by atoms with E-state index in [1.165, 1.54) is 25.0 Å². The van der Waals surface area contributed by atoms with E-state index in [1.54, 1.807) is 12.3 Å². The van der Waals surface area contributed by atoms with Gasteiger partial charge in [0.15, 0.2) is 5.82 Å². The van der Waals surface area contributed by atoms with Crippen LogP contribution in [0.1, 0.15) is 31.2 Å². The number of nitrogens with two attached hydrogens (primary N) is 1. The number of hydrogen-bond donors (Lipinski definition) is 2. The average molecular weight is 264 g/mol. The fourth-order valence-corrected chi connectivity index (χ4v) is 2.14. The summed E-state index contributed by atoms with van der Waals surface area (Å²) in [5, 5.41) is 12.0. The first kappa shape index (κ1) is 14.7. The lowest BCUT2D eigenvalue weighted by Gasteiger charge is -2.08. The Labute approximate surface area is 113 Å². The van der Waals surface area contributed by atoms with Gasteiger partial charge in [-0.05, 0) is 30.9 Å². The predicted molar refractivity (Wildman–Crippen MR) is 78.7 cm³/mol. The second-order valence-electron chi connectivity index (χ2n) is 4.07. The first-order chi connectivity index (χ1) is 8.79. The molecule has 98 valence electrons. The zero-order valence-electron chi connectivity index (χ0n) is 10.8. The van der Waals surface area contributed by atoms with E-state index in [1.807, 2.05) is 11.8 Å². The maximum absolute atomic E-state index is 8.85. The molecule has 4 nitrogen and oxygen atoms in total. The minimum Gasteiger partial charge on any atom is -0.395 e. The normalized spacial score (nSPS) is 10.0. The first-order valence-corrected chi connectivity index (χ1v) is 7.56. The van der Waals surface area contributed by atoms with Crippen LogP contribution in [0.4, 0.5) is 11.5 Å². The first-order valence-electron chi connectivity index (χ1n) is 6.17. The van der Waals surface area contributed by atoms with Gasteiger partial charge in [0, 0.05) is 12.7 Å². The molecule has 1 rings (SSSR count). The molecule has 0 amide bonds. The topological polar surface area (TPSA) is 74.7 Å². The smallest absolute Gasteiger partial charge is 0.150 e. The van der Waals surface area contributed by atoms with Crippen molar-refractivity contribution >= 4 is 23.3 Å². The van der Waals surface area contributed by atoms with Crippen LogP contribution in [0.5, 0.6) is 0 Å². The van der Waals surface area contributed by atoms with Crippen LogP contribution >= 0.6 is 11.8 Å². The maximum Gasteiger partial charge on any atom is 0.150 e. The number of nitrogens with zero attached hydrogens (tertiary/aromatic N) is 2. The van der Waals surface area contributed by atoms with Gasteiger partial charge < -0.3 is 11.1 Å². The SMILES string of the molecule is CSCCCCCCNc1nccc(C#N)c1N. The summed E-state index contributed by atoms with van der Waals surface area (Å²) in [4.78, 5) is 4.14. The summed E-state index contributed by atoms with van der Waals surface area (Å²) >= 11 is 1.90. The van der Waals surface area contributed by atoms with E-state index in [4.69, 9.17) is 11.0 Å². The molecule has 1 aromatic heterocycles. The zero-order valence-corrected chi connectivity index (χ0v) is 11.6. The van der Waals surface area contributed by atoms with Crippen molar-refractivity contribution in [3.05, 3.63) is 17.8 Å². The maximum atomic E-state index is 8.85. The van der Waals surface area contributed by atoms with Gasteiger partial charge in [-0.15, -0.1) is 0 Å². The van der Waals surface area contributed by atoms with Gasteiger partial charge in [-0.2, -0.15) is 17.0 Å². The molecule has 0 radical (unpaired) electrons. The third-order valence-corrected chi connectivity index (χ3v) is 3.38. The Kier molecular flexibility index (Phi) is 7.04. The Morgan fingerprint density at radius 3 is 2.89 bits per heavy atom. The van der Waals surface area contributed by atoms with E-state index in [0.717, 1.165) is 13.0 Å². The Bertz CT molecular complexity index is 400. The molecule has 0 saturated carbocycles. The number of pyridine rings is 1. The van der Waals surface area contributed by atoms with Crippen molar-refractivity contribution in [3.63, 3.8) is 0 Å². The van der Waals surface area contributed by atoms with E-state index < -0.39 is 0 Å². The fraction of sp³-hybridized carbons (Fsp3) is 0.538. The largest absolute Gasteiger partial charge is 0.395 e. The highest BCUT2D eigenvalue weighted by Crippen LogP contribution is 2.18. The van der Waals surface area contributed by atoms with Gasteiger partial charge in [0.1, 0.15) is 6.07 Å². The molecule has 5 heteroatoms. The number of aromatic nitrogens is 1. The summed E-state index contributed by atoms with van der Waals surface area (Å²) in [6.07, 6.45) is 8.61. The number of nitrogen functional groups attached to an aromatic ring is 1. The lowest BCUT2D eigenvalue weighted by molar-refractivity contribution is 0.688. The summed E-state index contributed by atoms with van der Waals surface area (Å²) in [5.41, 5.74) is 6.75. The van der Waals surface area contributed by atoms with Gasteiger partial charge in [-0.25, -0.2) is 4.98 Å². The predicted octanol–water partition coefficient (Wildman–Crippen LogP) is 2.87. The highest BCUT2D eigenvalue weighted by Gasteiger charge is 2.04. The molecule has 1 aromatic rings. The number of unbranched alkanes of at least 4 members (excludes halogenated alkanes) is 3. The van der Waals surface area contributed by atoms with E-state index in [2.05, 4.69) is 22.6 Å². The molecule has 0 aliphatic carbocycles. The highest BCUT2D eigenvalue weighted by atomic mass is 32.2. The van der Waals surface area contributed by atoms with Crippen LogP contribution in [0.2, 0.25) is 0 Å². The summed E-state index contributed by atoms with van der Waals surface area (Å²) in [7, 11) is 0. The minimum absolute atomic E-state index is 0.447. The fourth-order valence-electron chi connectivity index (χ4n) is 1.64. The molecule has 0 aromatic carbocycles. The number of anilines is 2. The quantitative estimate of drug-likeness (QED) is 0.706. The molecule has 0 aliphatic heterocycles. The van der Waals surface area contributed by atoms with Gasteiger partial charge >= 0.3 is 0 Å². The molecule has 0 aliphatic rings. The molecule has 0 unspecified atom stereocenters. The van der Waals surface area contributed by atoms with E-state index in [9.17, 15) is 0 Å². The molecule has 18 heavy (non-hydrogen) atoms. The number of nitrogens with one attached hydrogen (secondary N) is 1. The van der Waals surface area contributed by atoms with Crippen molar-refractivity contribution in [2.45, 2.75) is 25.7 Å². The van der Waals surface area contributed by atoms with E-state index in [-0.39, 0.29) is 0 Å². The van der Waals surface area contributed by atoms with Crippen molar-refractivity contribution in [2.75, 3.05) is 29.6 Å². The lowest BCUT2D eigenvalue weighted by Crippen LogP contribution is -2.07. The van der Waals surface area contributed by atoms with Crippen molar-refractivity contribution in [2.24, 2.45) is 0 Å². The second kappa shape index (κ2) is 8.65. The van der Waals surface area contributed by atoms with Crippen LogP contribution in [-0.4, -0.2) is 23.5 Å². The summed E-state index contributed by atoms with van der Waals surface area (Å²) < 4.78 is 0. The molecule has 0 spiro atoms. The van der Waals surface area contributed by atoms with Crippen molar-refractivity contribution in [1.82, 2.24) is 4.98 Å². The molecular weight excluding hydrogens is 244 g/mol. The molecule has 0 saturated heterocycles. The Hall–Kier alpha value is -1.41. The average Bonchev–Trinajstić information content (AvgIpc) is 2.39. The van der Waals surface area contributed by atoms with E-state index in [0.29, 0.717) is 17.1 Å². The van der Waals surface area contributed by atoms with Gasteiger partial charge in [-0.3, -0.25) is 0 Å².